The molecule has 3 heterocycles. The summed E-state index contributed by atoms with van der Waals surface area (Å²) in [7, 11) is 1.80. The molecule has 1 N–H and O–H groups in total. The number of ether oxygens (including phenoxy) is 1. The number of aliphatic hydroxyl groups is 1. The molecule has 2 aliphatic heterocycles. The van der Waals surface area contributed by atoms with Crippen LogP contribution < -0.4 is 0 Å². The van der Waals surface area contributed by atoms with Crippen LogP contribution in [0.5, 0.6) is 0 Å². The Hall–Kier alpha value is -1.87. The number of carbonyl (C=O) groups excluding carboxylic acids is 1. The van der Waals surface area contributed by atoms with Crippen LogP contribution in [-0.4, -0.2) is 65.6 Å². The average Bonchev–Trinajstić information content (AvgIpc) is 3.41. The molecule has 4 rings (SSSR count). The Morgan fingerprint density at radius 2 is 2.23 bits per heavy atom. The van der Waals surface area contributed by atoms with E-state index in [1.165, 1.54) is 17.4 Å². The lowest BCUT2D eigenvalue weighted by atomic mass is 9.83. The lowest BCUT2D eigenvalue weighted by Crippen LogP contribution is -2.47. The number of halogens is 1. The highest BCUT2D eigenvalue weighted by Crippen LogP contribution is 2.44. The van der Waals surface area contributed by atoms with Gasteiger partial charge in [0, 0.05) is 51.6 Å². The zero-order chi connectivity index (χ0) is 21.8. The minimum absolute atomic E-state index is 0.0741. The van der Waals surface area contributed by atoms with Gasteiger partial charge in [0.2, 0.25) is 5.91 Å². The fourth-order valence-corrected chi connectivity index (χ4v) is 5.34. The molecule has 31 heavy (non-hydrogen) atoms. The van der Waals surface area contributed by atoms with Crippen molar-refractivity contribution in [3.63, 3.8) is 0 Å². The van der Waals surface area contributed by atoms with Gasteiger partial charge in [-0.3, -0.25) is 4.79 Å². The molecular weight excluding hydrogens is 417 g/mol. The van der Waals surface area contributed by atoms with E-state index in [1.807, 2.05) is 11.4 Å². The van der Waals surface area contributed by atoms with Crippen LogP contribution in [0, 0.1) is 11.7 Å². The Balaban J connectivity index is 1.42. The van der Waals surface area contributed by atoms with Crippen LogP contribution in [0.4, 0.5) is 4.39 Å². The van der Waals surface area contributed by atoms with Gasteiger partial charge in [0.05, 0.1) is 29.3 Å². The maximum atomic E-state index is 13.9. The van der Waals surface area contributed by atoms with E-state index in [-0.39, 0.29) is 24.2 Å². The molecule has 1 atom stereocenters. The predicted molar refractivity (Wildman–Crippen MR) is 117 cm³/mol. The summed E-state index contributed by atoms with van der Waals surface area (Å²) in [6.45, 7) is 3.42. The molecule has 8 heteroatoms. The molecule has 1 spiro atoms. The molecule has 2 aromatic rings. The van der Waals surface area contributed by atoms with Gasteiger partial charge in [0.1, 0.15) is 5.82 Å². The summed E-state index contributed by atoms with van der Waals surface area (Å²) in [6, 6.07) is 4.96. The summed E-state index contributed by atoms with van der Waals surface area (Å²) < 4.78 is 20.0. The fraction of sp³-hybridized carbons (Fsp3) is 0.565. The smallest absolute Gasteiger partial charge is 0.227 e. The first-order chi connectivity index (χ1) is 15.0. The number of likely N-dealkylation sites (tertiary alicyclic amines) is 1. The summed E-state index contributed by atoms with van der Waals surface area (Å²) in [5, 5.41) is 11.1. The number of nitrogens with zero attached hydrogens (tertiary/aromatic N) is 3. The molecule has 1 aromatic heterocycles. The van der Waals surface area contributed by atoms with Gasteiger partial charge in [0.25, 0.3) is 0 Å². The normalized spacial score (nSPS) is 18.8. The first-order valence-corrected chi connectivity index (χ1v) is 11.8. The maximum absolute atomic E-state index is 13.9. The third-order valence-corrected chi connectivity index (χ3v) is 7.16. The standard InChI is InChI=1S/C23H30FN3O3S/c1-26(7-2-10-28)22(29)18(11-20-15-31-16-25-20)13-27-8-5-23(6-9-27)21-12-19(24)4-3-17(21)14-30-23/h3-4,12,15-16,18,28H,2,5-11,13-14H2,1H3. The van der Waals surface area contributed by atoms with Gasteiger partial charge in [-0.25, -0.2) is 9.37 Å². The SMILES string of the molecule is CN(CCCO)C(=O)C(Cc1cscn1)CN1CCC2(CC1)OCc1ccc(F)cc12. The minimum Gasteiger partial charge on any atom is -0.396 e. The van der Waals surface area contributed by atoms with Crippen LogP contribution in [0.3, 0.4) is 0 Å². The highest BCUT2D eigenvalue weighted by atomic mass is 32.1. The first-order valence-electron chi connectivity index (χ1n) is 10.9. The topological polar surface area (TPSA) is 65.9 Å². The van der Waals surface area contributed by atoms with E-state index < -0.39 is 5.60 Å². The van der Waals surface area contributed by atoms with Gasteiger partial charge >= 0.3 is 0 Å². The van der Waals surface area contributed by atoms with Crippen molar-refractivity contribution >= 4 is 17.2 Å². The second-order valence-electron chi connectivity index (χ2n) is 8.60. The Bertz CT molecular complexity index is 884. The number of hydrogen-bond acceptors (Lipinski definition) is 6. The van der Waals surface area contributed by atoms with Crippen molar-refractivity contribution in [3.05, 3.63) is 51.7 Å². The van der Waals surface area contributed by atoms with Crippen LogP contribution in [0.25, 0.3) is 0 Å². The molecule has 0 aliphatic carbocycles. The molecule has 1 fully saturated rings. The van der Waals surface area contributed by atoms with Crippen molar-refractivity contribution in [1.82, 2.24) is 14.8 Å². The molecule has 1 aromatic carbocycles. The third-order valence-electron chi connectivity index (χ3n) is 6.53. The van der Waals surface area contributed by atoms with Gasteiger partial charge in [-0.2, -0.15) is 0 Å². The quantitative estimate of drug-likeness (QED) is 0.674. The number of thiazole rings is 1. The van der Waals surface area contributed by atoms with Gasteiger partial charge < -0.3 is 19.6 Å². The lowest BCUT2D eigenvalue weighted by Gasteiger charge is -2.40. The van der Waals surface area contributed by atoms with Crippen molar-refractivity contribution in [3.8, 4) is 0 Å². The summed E-state index contributed by atoms with van der Waals surface area (Å²) in [6.07, 6.45) is 2.77. The summed E-state index contributed by atoms with van der Waals surface area (Å²) in [4.78, 5) is 21.5. The van der Waals surface area contributed by atoms with E-state index in [1.54, 1.807) is 23.5 Å². The Labute approximate surface area is 186 Å². The van der Waals surface area contributed by atoms with Crippen LogP contribution in [0.2, 0.25) is 0 Å². The predicted octanol–water partition coefficient (Wildman–Crippen LogP) is 2.80. The molecule has 2 aliphatic rings. The van der Waals surface area contributed by atoms with Crippen molar-refractivity contribution in [2.24, 2.45) is 5.92 Å². The Kier molecular flexibility index (Phi) is 7.01. The van der Waals surface area contributed by atoms with E-state index >= 15 is 0 Å². The molecule has 168 valence electrons. The van der Waals surface area contributed by atoms with E-state index in [0.717, 1.165) is 42.8 Å². The molecule has 0 saturated carbocycles. The number of fused-ring (bicyclic) bond motifs is 2. The first kappa shape index (κ1) is 22.3. The fourth-order valence-electron chi connectivity index (χ4n) is 4.76. The number of hydrogen-bond donors (Lipinski definition) is 1. The highest BCUT2D eigenvalue weighted by molar-refractivity contribution is 7.07. The van der Waals surface area contributed by atoms with Crippen molar-refractivity contribution < 1.29 is 19.0 Å². The number of benzene rings is 1. The lowest BCUT2D eigenvalue weighted by molar-refractivity contribution is -0.135. The summed E-state index contributed by atoms with van der Waals surface area (Å²) in [5.74, 6) is -0.314. The van der Waals surface area contributed by atoms with Gasteiger partial charge in [0.15, 0.2) is 0 Å². The van der Waals surface area contributed by atoms with E-state index in [9.17, 15) is 9.18 Å². The van der Waals surface area contributed by atoms with Crippen LogP contribution in [-0.2, 0) is 28.2 Å². The van der Waals surface area contributed by atoms with Crippen LogP contribution >= 0.6 is 11.3 Å². The Morgan fingerprint density at radius 3 is 2.94 bits per heavy atom. The van der Waals surface area contributed by atoms with E-state index in [4.69, 9.17) is 9.84 Å². The van der Waals surface area contributed by atoms with Crippen molar-refractivity contribution in [1.29, 1.82) is 0 Å². The monoisotopic (exact) mass is 447 g/mol. The molecule has 0 radical (unpaired) electrons. The largest absolute Gasteiger partial charge is 0.396 e. The summed E-state index contributed by atoms with van der Waals surface area (Å²) >= 11 is 1.54. The van der Waals surface area contributed by atoms with Crippen molar-refractivity contribution in [2.75, 3.05) is 39.8 Å². The average molecular weight is 448 g/mol. The second-order valence-corrected chi connectivity index (χ2v) is 9.32. The number of carbonyl (C=O) groups is 1. The summed E-state index contributed by atoms with van der Waals surface area (Å²) in [5.41, 5.74) is 4.41. The molecular formula is C23H30FN3O3S. The van der Waals surface area contributed by atoms with Crippen LogP contribution in [0.1, 0.15) is 36.1 Å². The van der Waals surface area contributed by atoms with Gasteiger partial charge in [-0.05, 0) is 42.5 Å². The number of aromatic nitrogens is 1. The highest BCUT2D eigenvalue weighted by Gasteiger charge is 2.43. The maximum Gasteiger partial charge on any atom is 0.227 e. The number of aliphatic hydroxyl groups excluding tert-OH is 1. The molecule has 1 saturated heterocycles. The Morgan fingerprint density at radius 1 is 1.42 bits per heavy atom. The second kappa shape index (κ2) is 9.73. The van der Waals surface area contributed by atoms with Crippen molar-refractivity contribution in [2.45, 2.75) is 37.9 Å². The zero-order valence-corrected chi connectivity index (χ0v) is 18.7. The molecule has 1 unspecified atom stereocenters. The molecule has 0 bridgehead atoms. The molecule has 6 nitrogen and oxygen atoms in total. The number of piperidine rings is 1. The van der Waals surface area contributed by atoms with Gasteiger partial charge in [-0.1, -0.05) is 6.07 Å². The minimum atomic E-state index is -0.403. The third kappa shape index (κ3) is 4.98. The molecule has 1 amide bonds. The van der Waals surface area contributed by atoms with E-state index in [0.29, 0.717) is 32.5 Å². The zero-order valence-electron chi connectivity index (χ0n) is 17.9. The van der Waals surface area contributed by atoms with Crippen LogP contribution in [0.15, 0.2) is 29.1 Å². The number of amides is 1. The number of rotatable bonds is 8. The van der Waals surface area contributed by atoms with Gasteiger partial charge in [-0.15, -0.1) is 11.3 Å². The van der Waals surface area contributed by atoms with E-state index in [2.05, 4.69) is 9.88 Å².